The average molecular weight is 316 g/mol. The van der Waals surface area contributed by atoms with E-state index in [0.717, 1.165) is 36.6 Å². The molecule has 0 aliphatic heterocycles. The highest BCUT2D eigenvalue weighted by molar-refractivity contribution is 6.07. The SMILES string of the molecule is CCCCOc1cccc(/C=C/C(=O)c2cc(F)ccc2F)c1. The lowest BCUT2D eigenvalue weighted by Crippen LogP contribution is -1.99. The molecule has 2 aromatic rings. The highest BCUT2D eigenvalue weighted by Crippen LogP contribution is 2.16. The highest BCUT2D eigenvalue weighted by Gasteiger charge is 2.09. The number of benzene rings is 2. The van der Waals surface area contributed by atoms with Gasteiger partial charge in [-0.2, -0.15) is 0 Å². The first-order chi connectivity index (χ1) is 11.1. The van der Waals surface area contributed by atoms with E-state index < -0.39 is 17.4 Å². The van der Waals surface area contributed by atoms with Gasteiger partial charge in [0.25, 0.3) is 0 Å². The van der Waals surface area contributed by atoms with E-state index in [4.69, 9.17) is 4.74 Å². The normalized spacial score (nSPS) is 10.9. The third-order valence-corrected chi connectivity index (χ3v) is 3.25. The lowest BCUT2D eigenvalue weighted by molar-refractivity contribution is 0.104. The molecule has 0 atom stereocenters. The molecule has 0 aliphatic rings. The molecular formula is C19H18F2O2. The van der Waals surface area contributed by atoms with Crippen LogP contribution in [0.15, 0.2) is 48.5 Å². The van der Waals surface area contributed by atoms with E-state index in [1.54, 1.807) is 18.2 Å². The summed E-state index contributed by atoms with van der Waals surface area (Å²) in [6.07, 6.45) is 4.80. The fraction of sp³-hybridized carbons (Fsp3) is 0.211. The number of ether oxygens (including phenoxy) is 1. The third-order valence-electron chi connectivity index (χ3n) is 3.25. The van der Waals surface area contributed by atoms with E-state index in [9.17, 15) is 13.6 Å². The number of carbonyl (C=O) groups excluding carboxylic acids is 1. The maximum Gasteiger partial charge on any atom is 0.188 e. The number of allylic oxidation sites excluding steroid dienone is 1. The minimum absolute atomic E-state index is 0.281. The van der Waals surface area contributed by atoms with Crippen LogP contribution in [0.2, 0.25) is 0 Å². The van der Waals surface area contributed by atoms with Crippen molar-refractivity contribution < 1.29 is 18.3 Å². The average Bonchev–Trinajstić information content (AvgIpc) is 2.55. The second kappa shape index (κ2) is 8.22. The van der Waals surface area contributed by atoms with Gasteiger partial charge in [0.05, 0.1) is 12.2 Å². The van der Waals surface area contributed by atoms with Gasteiger partial charge in [-0.3, -0.25) is 4.79 Å². The number of hydrogen-bond acceptors (Lipinski definition) is 2. The van der Waals surface area contributed by atoms with Crippen molar-refractivity contribution in [1.82, 2.24) is 0 Å². The van der Waals surface area contributed by atoms with Crippen LogP contribution >= 0.6 is 0 Å². The number of rotatable bonds is 7. The van der Waals surface area contributed by atoms with Crippen LogP contribution in [0, 0.1) is 11.6 Å². The van der Waals surface area contributed by atoms with Crippen LogP contribution in [0.1, 0.15) is 35.7 Å². The molecule has 2 aromatic carbocycles. The van der Waals surface area contributed by atoms with E-state index in [-0.39, 0.29) is 5.56 Å². The summed E-state index contributed by atoms with van der Waals surface area (Å²) in [5, 5.41) is 0. The van der Waals surface area contributed by atoms with Gasteiger partial charge in [-0.05, 0) is 48.4 Å². The second-order valence-corrected chi connectivity index (χ2v) is 5.10. The van der Waals surface area contributed by atoms with Crippen molar-refractivity contribution in [2.75, 3.05) is 6.61 Å². The Morgan fingerprint density at radius 3 is 2.78 bits per heavy atom. The first-order valence-electron chi connectivity index (χ1n) is 7.50. The van der Waals surface area contributed by atoms with Gasteiger partial charge in [0, 0.05) is 0 Å². The monoisotopic (exact) mass is 316 g/mol. The first kappa shape index (κ1) is 16.9. The molecule has 120 valence electrons. The number of unbranched alkanes of at least 4 members (excludes halogenated alkanes) is 1. The molecule has 2 nitrogen and oxygen atoms in total. The van der Waals surface area contributed by atoms with Gasteiger partial charge in [0.15, 0.2) is 5.78 Å². The van der Waals surface area contributed by atoms with Crippen molar-refractivity contribution >= 4 is 11.9 Å². The van der Waals surface area contributed by atoms with Crippen molar-refractivity contribution in [3.05, 3.63) is 71.3 Å². The van der Waals surface area contributed by atoms with E-state index in [1.165, 1.54) is 6.08 Å². The molecule has 0 saturated heterocycles. The van der Waals surface area contributed by atoms with Crippen molar-refractivity contribution in [3.8, 4) is 5.75 Å². The Morgan fingerprint density at radius 2 is 2.00 bits per heavy atom. The summed E-state index contributed by atoms with van der Waals surface area (Å²) >= 11 is 0. The van der Waals surface area contributed by atoms with Crippen LogP contribution in [-0.4, -0.2) is 12.4 Å². The second-order valence-electron chi connectivity index (χ2n) is 5.10. The molecule has 0 radical (unpaired) electrons. The summed E-state index contributed by atoms with van der Waals surface area (Å²) in [7, 11) is 0. The minimum atomic E-state index is -0.738. The summed E-state index contributed by atoms with van der Waals surface area (Å²) in [4.78, 5) is 12.0. The predicted octanol–water partition coefficient (Wildman–Crippen LogP) is 5.04. The Labute approximate surface area is 134 Å². The number of ketones is 1. The quantitative estimate of drug-likeness (QED) is 0.406. The Bertz CT molecular complexity index is 708. The van der Waals surface area contributed by atoms with E-state index in [2.05, 4.69) is 6.92 Å². The topological polar surface area (TPSA) is 26.3 Å². The Hall–Kier alpha value is -2.49. The molecule has 0 spiro atoms. The Morgan fingerprint density at radius 1 is 1.17 bits per heavy atom. The predicted molar refractivity (Wildman–Crippen MR) is 86.6 cm³/mol. The summed E-state index contributed by atoms with van der Waals surface area (Å²) in [6, 6.07) is 10.1. The Balaban J connectivity index is 2.08. The molecule has 0 bridgehead atoms. The molecule has 0 aromatic heterocycles. The van der Waals surface area contributed by atoms with Crippen LogP contribution in [0.4, 0.5) is 8.78 Å². The zero-order chi connectivity index (χ0) is 16.7. The zero-order valence-corrected chi connectivity index (χ0v) is 12.9. The van der Waals surface area contributed by atoms with E-state index in [0.29, 0.717) is 12.4 Å². The molecule has 0 heterocycles. The number of hydrogen-bond donors (Lipinski definition) is 0. The maximum absolute atomic E-state index is 13.5. The van der Waals surface area contributed by atoms with Gasteiger partial charge in [-0.1, -0.05) is 31.6 Å². The minimum Gasteiger partial charge on any atom is -0.494 e. The van der Waals surface area contributed by atoms with Crippen molar-refractivity contribution in [3.63, 3.8) is 0 Å². The maximum atomic E-state index is 13.5. The number of halogens is 2. The standard InChI is InChI=1S/C19H18F2O2/c1-2-3-11-23-16-6-4-5-14(12-16)7-10-19(22)17-13-15(20)8-9-18(17)21/h4-10,12-13H,2-3,11H2,1H3/b10-7+. The Kier molecular flexibility index (Phi) is 6.03. The molecule has 2 rings (SSSR count). The van der Waals surface area contributed by atoms with Gasteiger partial charge in [-0.15, -0.1) is 0 Å². The summed E-state index contributed by atoms with van der Waals surface area (Å²) < 4.78 is 32.2. The molecule has 23 heavy (non-hydrogen) atoms. The third kappa shape index (κ3) is 5.02. The first-order valence-corrected chi connectivity index (χ1v) is 7.50. The van der Waals surface area contributed by atoms with Crippen molar-refractivity contribution in [2.24, 2.45) is 0 Å². The molecule has 4 heteroatoms. The largest absolute Gasteiger partial charge is 0.494 e. The van der Waals surface area contributed by atoms with Gasteiger partial charge in [0.1, 0.15) is 17.4 Å². The van der Waals surface area contributed by atoms with Crippen LogP contribution in [0.5, 0.6) is 5.75 Å². The fourth-order valence-corrected chi connectivity index (χ4v) is 1.99. The lowest BCUT2D eigenvalue weighted by Gasteiger charge is -2.05. The van der Waals surface area contributed by atoms with Gasteiger partial charge in [0.2, 0.25) is 0 Å². The van der Waals surface area contributed by atoms with Gasteiger partial charge in [-0.25, -0.2) is 8.78 Å². The molecule has 0 aliphatic carbocycles. The molecule has 0 amide bonds. The van der Waals surface area contributed by atoms with E-state index in [1.807, 2.05) is 12.1 Å². The summed E-state index contributed by atoms with van der Waals surface area (Å²) in [6.45, 7) is 2.72. The molecule has 0 saturated carbocycles. The van der Waals surface area contributed by atoms with E-state index >= 15 is 0 Å². The van der Waals surface area contributed by atoms with Crippen molar-refractivity contribution in [1.29, 1.82) is 0 Å². The number of carbonyl (C=O) groups is 1. The van der Waals surface area contributed by atoms with Crippen molar-refractivity contribution in [2.45, 2.75) is 19.8 Å². The van der Waals surface area contributed by atoms with Gasteiger partial charge < -0.3 is 4.74 Å². The van der Waals surface area contributed by atoms with Crippen LogP contribution < -0.4 is 4.74 Å². The fourth-order valence-electron chi connectivity index (χ4n) is 1.99. The molecular weight excluding hydrogens is 298 g/mol. The summed E-state index contributed by atoms with van der Waals surface area (Å²) in [5.41, 5.74) is 0.473. The smallest absolute Gasteiger partial charge is 0.188 e. The van der Waals surface area contributed by atoms with Crippen LogP contribution in [0.3, 0.4) is 0 Å². The molecule has 0 fully saturated rings. The zero-order valence-electron chi connectivity index (χ0n) is 12.9. The lowest BCUT2D eigenvalue weighted by atomic mass is 10.1. The molecule has 0 unspecified atom stereocenters. The van der Waals surface area contributed by atoms with Crippen LogP contribution in [0.25, 0.3) is 6.08 Å². The van der Waals surface area contributed by atoms with Gasteiger partial charge >= 0.3 is 0 Å². The van der Waals surface area contributed by atoms with Crippen LogP contribution in [-0.2, 0) is 0 Å². The molecule has 0 N–H and O–H groups in total. The highest BCUT2D eigenvalue weighted by atomic mass is 19.1. The summed E-state index contributed by atoms with van der Waals surface area (Å²) in [5.74, 6) is -1.25.